The van der Waals surface area contributed by atoms with Crippen LogP contribution in [0, 0.1) is 6.92 Å². The molecule has 1 aliphatic carbocycles. The van der Waals surface area contributed by atoms with Crippen molar-refractivity contribution in [3.05, 3.63) is 53.6 Å². The van der Waals surface area contributed by atoms with E-state index < -0.39 is 0 Å². The molecule has 4 rings (SSSR count). The SMILES string of the molecule is COc1cccc(C=NNC(=O)CSc2nnc(-c3ccc(C)cc3)n2C2CCCCC2)c1OC. The van der Waals surface area contributed by atoms with Gasteiger partial charge in [-0.25, -0.2) is 5.43 Å². The smallest absolute Gasteiger partial charge is 0.250 e. The van der Waals surface area contributed by atoms with Gasteiger partial charge in [-0.2, -0.15) is 5.10 Å². The van der Waals surface area contributed by atoms with E-state index in [0.717, 1.165) is 29.4 Å². The predicted molar refractivity (Wildman–Crippen MR) is 138 cm³/mol. The largest absolute Gasteiger partial charge is 0.493 e. The molecule has 0 unspecified atom stereocenters. The Kier molecular flexibility index (Phi) is 8.41. The quantitative estimate of drug-likeness (QED) is 0.256. The van der Waals surface area contributed by atoms with Crippen molar-refractivity contribution in [1.29, 1.82) is 0 Å². The molecule has 9 heteroatoms. The number of para-hydroxylation sites is 1. The molecule has 1 aliphatic rings. The first-order valence-electron chi connectivity index (χ1n) is 11.8. The average molecular weight is 494 g/mol. The van der Waals surface area contributed by atoms with Gasteiger partial charge in [0.15, 0.2) is 22.5 Å². The van der Waals surface area contributed by atoms with Crippen LogP contribution in [0.15, 0.2) is 52.7 Å². The number of benzene rings is 2. The first kappa shape index (κ1) is 24.8. The molecule has 2 aromatic carbocycles. The molecule has 0 saturated heterocycles. The molecule has 0 spiro atoms. The number of hydrazone groups is 1. The summed E-state index contributed by atoms with van der Waals surface area (Å²) in [6, 6.07) is 14.2. The van der Waals surface area contributed by atoms with Gasteiger partial charge in [-0.05, 0) is 31.9 Å². The fraction of sp³-hybridized carbons (Fsp3) is 0.385. The number of amides is 1. The minimum Gasteiger partial charge on any atom is -0.493 e. The Bertz CT molecular complexity index is 1170. The lowest BCUT2D eigenvalue weighted by Crippen LogP contribution is -2.20. The van der Waals surface area contributed by atoms with Crippen LogP contribution in [0.25, 0.3) is 11.4 Å². The molecule has 3 aromatic rings. The molecule has 1 fully saturated rings. The van der Waals surface area contributed by atoms with Gasteiger partial charge in [-0.3, -0.25) is 9.36 Å². The first-order valence-corrected chi connectivity index (χ1v) is 12.8. The van der Waals surface area contributed by atoms with Gasteiger partial charge in [-0.15, -0.1) is 10.2 Å². The van der Waals surface area contributed by atoms with Crippen molar-refractivity contribution in [2.75, 3.05) is 20.0 Å². The lowest BCUT2D eigenvalue weighted by Gasteiger charge is -2.25. The van der Waals surface area contributed by atoms with Crippen molar-refractivity contribution < 1.29 is 14.3 Å². The van der Waals surface area contributed by atoms with Gasteiger partial charge < -0.3 is 9.47 Å². The molecule has 8 nitrogen and oxygen atoms in total. The lowest BCUT2D eigenvalue weighted by atomic mass is 9.95. The van der Waals surface area contributed by atoms with Crippen molar-refractivity contribution in [2.24, 2.45) is 5.10 Å². The summed E-state index contributed by atoms with van der Waals surface area (Å²) >= 11 is 1.39. The fourth-order valence-corrected chi connectivity index (χ4v) is 5.09. The number of ether oxygens (including phenoxy) is 2. The molecule has 0 aliphatic heterocycles. The van der Waals surface area contributed by atoms with Crippen LogP contribution >= 0.6 is 11.8 Å². The van der Waals surface area contributed by atoms with Crippen LogP contribution in [0.2, 0.25) is 0 Å². The Morgan fingerprint density at radius 1 is 1.11 bits per heavy atom. The van der Waals surface area contributed by atoms with Gasteiger partial charge in [0.25, 0.3) is 5.91 Å². The molecular weight excluding hydrogens is 462 g/mol. The maximum absolute atomic E-state index is 12.5. The summed E-state index contributed by atoms with van der Waals surface area (Å²) in [5.41, 5.74) is 5.55. The first-order chi connectivity index (χ1) is 17.1. The number of methoxy groups -OCH3 is 2. The number of nitrogens with one attached hydrogen (secondary N) is 1. The van der Waals surface area contributed by atoms with Crippen LogP contribution in [-0.4, -0.2) is 46.9 Å². The third kappa shape index (κ3) is 6.03. The average Bonchev–Trinajstić information content (AvgIpc) is 3.32. The summed E-state index contributed by atoms with van der Waals surface area (Å²) in [5.74, 6) is 1.99. The van der Waals surface area contributed by atoms with E-state index in [9.17, 15) is 4.79 Å². The van der Waals surface area contributed by atoms with Crippen LogP contribution < -0.4 is 14.9 Å². The monoisotopic (exact) mass is 493 g/mol. The molecule has 0 bridgehead atoms. The topological polar surface area (TPSA) is 90.6 Å². The number of carbonyl (C=O) groups excluding carboxylic acids is 1. The minimum atomic E-state index is -0.219. The van der Waals surface area contributed by atoms with E-state index >= 15 is 0 Å². The van der Waals surface area contributed by atoms with Crippen molar-refractivity contribution >= 4 is 23.9 Å². The van der Waals surface area contributed by atoms with E-state index in [1.54, 1.807) is 26.5 Å². The second-order valence-electron chi connectivity index (χ2n) is 8.50. The Morgan fingerprint density at radius 3 is 2.60 bits per heavy atom. The molecule has 35 heavy (non-hydrogen) atoms. The second kappa shape index (κ2) is 11.9. The highest BCUT2D eigenvalue weighted by Gasteiger charge is 2.24. The third-order valence-electron chi connectivity index (χ3n) is 6.07. The van der Waals surface area contributed by atoms with Crippen molar-refractivity contribution in [1.82, 2.24) is 20.2 Å². The van der Waals surface area contributed by atoms with Gasteiger partial charge >= 0.3 is 0 Å². The van der Waals surface area contributed by atoms with Crippen LogP contribution in [0.3, 0.4) is 0 Å². The van der Waals surface area contributed by atoms with Crippen LogP contribution in [-0.2, 0) is 4.79 Å². The summed E-state index contributed by atoms with van der Waals surface area (Å²) in [6.07, 6.45) is 7.41. The fourth-order valence-electron chi connectivity index (χ4n) is 4.29. The molecule has 0 radical (unpaired) electrons. The predicted octanol–water partition coefficient (Wildman–Crippen LogP) is 5.02. The maximum Gasteiger partial charge on any atom is 0.250 e. The highest BCUT2D eigenvalue weighted by atomic mass is 32.2. The summed E-state index contributed by atoms with van der Waals surface area (Å²) in [5, 5.41) is 13.8. The Labute approximate surface area is 210 Å². The maximum atomic E-state index is 12.5. The van der Waals surface area contributed by atoms with Gasteiger partial charge in [0.2, 0.25) is 0 Å². The number of carbonyl (C=O) groups is 1. The number of hydrogen-bond acceptors (Lipinski definition) is 7. The Balaban J connectivity index is 1.45. The molecule has 1 saturated carbocycles. The number of aromatic nitrogens is 3. The molecule has 0 atom stereocenters. The number of thioether (sulfide) groups is 1. The summed E-state index contributed by atoms with van der Waals surface area (Å²) in [6.45, 7) is 2.07. The van der Waals surface area contributed by atoms with Crippen LogP contribution in [0.4, 0.5) is 0 Å². The number of hydrogen-bond donors (Lipinski definition) is 1. The molecule has 1 aromatic heterocycles. The normalized spacial score (nSPS) is 14.3. The minimum absolute atomic E-state index is 0.186. The number of nitrogens with zero attached hydrogens (tertiary/aromatic N) is 4. The Morgan fingerprint density at radius 2 is 1.89 bits per heavy atom. The van der Waals surface area contributed by atoms with Crippen LogP contribution in [0.5, 0.6) is 11.5 Å². The Hall–Kier alpha value is -3.33. The summed E-state index contributed by atoms with van der Waals surface area (Å²) in [7, 11) is 3.14. The molecule has 1 heterocycles. The lowest BCUT2D eigenvalue weighted by molar-refractivity contribution is -0.118. The van der Waals surface area contributed by atoms with Crippen molar-refractivity contribution in [3.8, 4) is 22.9 Å². The van der Waals surface area contributed by atoms with E-state index in [1.165, 1.54) is 36.6 Å². The zero-order chi connectivity index (χ0) is 24.6. The molecule has 1 amide bonds. The summed E-state index contributed by atoms with van der Waals surface area (Å²) < 4.78 is 12.9. The van der Waals surface area contributed by atoms with Crippen molar-refractivity contribution in [2.45, 2.75) is 50.2 Å². The van der Waals surface area contributed by atoms with Gasteiger partial charge in [0.1, 0.15) is 0 Å². The van der Waals surface area contributed by atoms with E-state index in [2.05, 4.69) is 56.5 Å². The standard InChI is InChI=1S/C26H31N5O3S/c1-18-12-14-19(15-13-18)25-29-30-26(31(25)21-9-5-4-6-10-21)35-17-23(32)28-27-16-20-8-7-11-22(33-2)24(20)34-3/h7-8,11-16,21H,4-6,9-10,17H2,1-3H3,(H,28,32). The molecular formula is C26H31N5O3S. The van der Waals surface area contributed by atoms with Gasteiger partial charge in [-0.1, -0.05) is 66.9 Å². The van der Waals surface area contributed by atoms with E-state index in [0.29, 0.717) is 23.1 Å². The number of aryl methyl sites for hydroxylation is 1. The molecule has 184 valence electrons. The third-order valence-corrected chi connectivity index (χ3v) is 7.02. The van der Waals surface area contributed by atoms with E-state index in [-0.39, 0.29) is 11.7 Å². The zero-order valence-electron chi connectivity index (χ0n) is 20.4. The van der Waals surface area contributed by atoms with Crippen LogP contribution in [0.1, 0.15) is 49.3 Å². The van der Waals surface area contributed by atoms with Gasteiger partial charge in [0, 0.05) is 17.2 Å². The highest BCUT2D eigenvalue weighted by molar-refractivity contribution is 7.99. The van der Waals surface area contributed by atoms with Gasteiger partial charge in [0.05, 0.1) is 26.2 Å². The zero-order valence-corrected chi connectivity index (χ0v) is 21.2. The van der Waals surface area contributed by atoms with E-state index in [4.69, 9.17) is 9.47 Å². The highest BCUT2D eigenvalue weighted by Crippen LogP contribution is 2.35. The van der Waals surface area contributed by atoms with Crippen molar-refractivity contribution in [3.63, 3.8) is 0 Å². The van der Waals surface area contributed by atoms with E-state index in [1.807, 2.05) is 12.1 Å². The second-order valence-corrected chi connectivity index (χ2v) is 9.44. The number of rotatable bonds is 9. The molecule has 1 N–H and O–H groups in total. The summed E-state index contributed by atoms with van der Waals surface area (Å²) in [4.78, 5) is 12.5.